The van der Waals surface area contributed by atoms with Crippen molar-refractivity contribution in [3.8, 4) is 12.3 Å². The number of alkyl halides is 2. The van der Waals surface area contributed by atoms with E-state index in [-0.39, 0.29) is 74.7 Å². The van der Waals surface area contributed by atoms with Crippen LogP contribution in [0.15, 0.2) is 133 Å². The van der Waals surface area contributed by atoms with Crippen molar-refractivity contribution in [2.24, 2.45) is 38.6 Å². The number of ether oxygens (including phenoxy) is 12. The second-order valence-electron chi connectivity index (χ2n) is 31.7. The van der Waals surface area contributed by atoms with Crippen molar-refractivity contribution in [3.63, 3.8) is 0 Å². The second kappa shape index (κ2) is 27.2. The van der Waals surface area contributed by atoms with Crippen LogP contribution in [0.2, 0.25) is 0 Å². The number of azide groups is 1. The molecule has 8 saturated heterocycles. The average molecular weight is 1610 g/mol. The summed E-state index contributed by atoms with van der Waals surface area (Å²) in [5, 5.41) is 12.0. The molecule has 18 atom stereocenters. The smallest absolute Gasteiger partial charge is 0.249 e. The van der Waals surface area contributed by atoms with E-state index in [1.54, 1.807) is 17.8 Å². The zero-order valence-electron chi connectivity index (χ0n) is 62.0. The van der Waals surface area contributed by atoms with Gasteiger partial charge in [0.1, 0.15) is 63.2 Å². The number of carbonyl (C=O) groups excluding carboxylic acids is 6. The van der Waals surface area contributed by atoms with Crippen molar-refractivity contribution < 1.29 is 85.6 Å². The second-order valence-corrected chi connectivity index (χ2v) is 34.2. The molecule has 0 N–H and O–H groups in total. The lowest BCUT2D eigenvalue weighted by molar-refractivity contribution is -0.370. The third kappa shape index (κ3) is 11.6. The maximum absolute atomic E-state index is 14.7. The van der Waals surface area contributed by atoms with Crippen LogP contribution in [0.3, 0.4) is 0 Å². The first kappa shape index (κ1) is 75.9. The molecule has 10 fully saturated rings. The maximum atomic E-state index is 14.7. The molecular weight excluding hydrogens is 1520 g/mol. The Morgan fingerprint density at radius 3 is 1.32 bits per heavy atom. The predicted molar refractivity (Wildman–Crippen MR) is 394 cm³/mol. The summed E-state index contributed by atoms with van der Waals surface area (Å²) in [6.45, 7) is 23.6. The highest BCUT2D eigenvalue weighted by atomic mass is 79.9. The minimum absolute atomic E-state index is 0.0980. The zero-order chi connectivity index (χ0) is 76.8. The van der Waals surface area contributed by atoms with Crippen LogP contribution in [-0.2, 0) is 98.7 Å². The van der Waals surface area contributed by atoms with Gasteiger partial charge in [-0.3, -0.25) is 38.6 Å². The molecule has 1 aromatic heterocycles. The fraction of sp³-hybridized carbons (Fsp3) is 0.525. The number of allylic oxidation sites excluding steroid dienone is 4. The molecule has 4 amide bonds. The summed E-state index contributed by atoms with van der Waals surface area (Å²) >= 11 is 7.50. The van der Waals surface area contributed by atoms with E-state index in [4.69, 9.17) is 68.8 Å². The van der Waals surface area contributed by atoms with E-state index in [0.29, 0.717) is 25.5 Å². The van der Waals surface area contributed by atoms with Crippen molar-refractivity contribution in [2.75, 3.05) is 39.5 Å². The number of fused-ring (bicyclic) bond motifs is 16. The lowest BCUT2D eigenvalue weighted by atomic mass is 9.63. The highest BCUT2D eigenvalue weighted by Crippen LogP contribution is 2.79. The standard InChI is InChI=1S/C40H43BrN4O9.C26H20BrNO3.C14H23N3O6/c1-36(2)50-21-25-28(52-36)29-30(54-37(3,4)53-29)33(51-25)49-18-17-44-19-24(42-43-44)20-45-32(46)31-38(5)26(22-13-9-7-10-14-22)27(23-15-11-8-12-16-23)39(6,34(38)47)40(31,41)35(45)48;1-4-15-28-21(29)20-24(2)18(16-11-7-5-8-12-16)19(17-13-9-6-10-14-17)25(3,22(24)30)26(20,27)23(28)31;1-13(2)19-7-8-9(21-13)10-11(23-14(3,4)22-10)12(20-8)18-6-5-16-17-15/h7-16,19,25,28-31,33H,17-18,20-21H2,1-6H3;1,5-14,20H,15H2,2-3H3;8-12H,5-7H2,1-4H3. The molecule has 5 aromatic rings. The number of halogens is 2. The summed E-state index contributed by atoms with van der Waals surface area (Å²) < 4.78 is 71.0. The average Bonchev–Trinajstić information content (AvgIpc) is 1.46. The summed E-state index contributed by atoms with van der Waals surface area (Å²) in [6, 6.07) is 38.6. The van der Waals surface area contributed by atoms with E-state index >= 15 is 0 Å². The fourth-order valence-electron chi connectivity index (χ4n) is 19.1. The Kier molecular flexibility index (Phi) is 19.1. The molecule has 2 saturated carbocycles. The van der Waals surface area contributed by atoms with Crippen LogP contribution in [-0.4, -0.2) is 193 Å². The van der Waals surface area contributed by atoms with Crippen molar-refractivity contribution >= 4 is 89.3 Å². The van der Waals surface area contributed by atoms with E-state index in [9.17, 15) is 28.8 Å². The fourth-order valence-corrected chi connectivity index (χ4v) is 21.6. The molecule has 4 aliphatic carbocycles. The van der Waals surface area contributed by atoms with Crippen LogP contribution in [0, 0.1) is 45.8 Å². The van der Waals surface area contributed by atoms with Crippen LogP contribution >= 0.6 is 31.9 Å². The Bertz CT molecular complexity index is 4630. The Balaban J connectivity index is 0.000000145. The van der Waals surface area contributed by atoms with E-state index < -0.39 is 120 Å². The minimum atomic E-state index is -1.49. The number of terminal acetylenes is 1. The van der Waals surface area contributed by atoms with Gasteiger partial charge in [0.15, 0.2) is 47.3 Å². The molecule has 12 aliphatic rings. The van der Waals surface area contributed by atoms with Gasteiger partial charge in [-0.1, -0.05) is 169 Å². The summed E-state index contributed by atoms with van der Waals surface area (Å²) in [5.41, 5.74) is 10.3. The van der Waals surface area contributed by atoms with E-state index in [1.807, 2.05) is 197 Å². The van der Waals surface area contributed by atoms with Gasteiger partial charge in [-0.15, -0.1) is 11.5 Å². The number of hydrogen-bond acceptors (Lipinski definition) is 21. The number of nitrogens with zero attached hydrogens (tertiary/aromatic N) is 8. The molecule has 4 aromatic carbocycles. The first-order valence-electron chi connectivity index (χ1n) is 36.3. The molecule has 28 heteroatoms. The lowest BCUT2D eigenvalue weighted by Gasteiger charge is -2.48. The van der Waals surface area contributed by atoms with Gasteiger partial charge >= 0.3 is 0 Å². The normalized spacial score (nSPS) is 37.2. The first-order chi connectivity index (χ1) is 51.2. The zero-order valence-corrected chi connectivity index (χ0v) is 65.1. The molecule has 568 valence electrons. The maximum Gasteiger partial charge on any atom is 0.249 e. The summed E-state index contributed by atoms with van der Waals surface area (Å²) in [6.07, 6.45) is 2.77. The Morgan fingerprint density at radius 1 is 0.528 bits per heavy atom. The van der Waals surface area contributed by atoms with Crippen molar-refractivity contribution in [3.05, 3.63) is 166 Å². The summed E-state index contributed by atoms with van der Waals surface area (Å²) in [7, 11) is 0. The van der Waals surface area contributed by atoms with E-state index in [1.165, 1.54) is 4.90 Å². The number of carbonyl (C=O) groups is 6. The van der Waals surface area contributed by atoms with Gasteiger partial charge in [-0.25, -0.2) is 4.68 Å². The lowest BCUT2D eigenvalue weighted by Crippen LogP contribution is -2.63. The number of Topliss-reactive ketones (excluding diaryl/α,β-unsaturated/α-hetero) is 2. The largest absolute Gasteiger partial charge is 0.350 e. The molecule has 4 bridgehead atoms. The number of aromatic nitrogens is 3. The predicted octanol–water partition coefficient (Wildman–Crippen LogP) is 10.2. The van der Waals surface area contributed by atoms with Crippen LogP contribution in [0.5, 0.6) is 0 Å². The van der Waals surface area contributed by atoms with Gasteiger partial charge in [0, 0.05) is 11.5 Å². The third-order valence-electron chi connectivity index (χ3n) is 23.4. The van der Waals surface area contributed by atoms with Crippen LogP contribution in [0.25, 0.3) is 32.7 Å². The molecule has 17 rings (SSSR count). The SMILES string of the molecule is C#CCN1C(=O)C2C3(C)C(=O)C(C)(C(c4ccccc4)=C3c3ccccc3)C2(Br)C1=O.CC1(C)OCC2OC(OCCN=[N+]=[N-])C3OC(C)(C)OC3C2O1.CC1(C)OCC2OC(OCCn3cc(CN4C(=O)C5C6(C)C(=O)C(C)(C(c7ccccc7)=C6c6ccccc6)C5(Br)C4=O)nn3)C3OC(C)(C)OC3C2O1. The number of rotatable bonds is 15. The van der Waals surface area contributed by atoms with Gasteiger partial charge in [0.05, 0.1) is 85.8 Å². The number of benzene rings is 4. The Hall–Kier alpha value is -7.53. The van der Waals surface area contributed by atoms with E-state index in [0.717, 1.165) is 49.4 Å². The summed E-state index contributed by atoms with van der Waals surface area (Å²) in [4.78, 5) is 90.1. The van der Waals surface area contributed by atoms with Gasteiger partial charge in [0.2, 0.25) is 23.6 Å². The topological polar surface area (TPSA) is 299 Å². The molecule has 0 radical (unpaired) electrons. The number of imide groups is 2. The quantitative estimate of drug-likeness (QED) is 0.0179. The van der Waals surface area contributed by atoms with Gasteiger partial charge in [0.25, 0.3) is 0 Å². The van der Waals surface area contributed by atoms with E-state index in [2.05, 4.69) is 58.1 Å². The highest BCUT2D eigenvalue weighted by molar-refractivity contribution is 9.10. The number of likely N-dealkylation sites (tertiary alicyclic amines) is 2. The van der Waals surface area contributed by atoms with Crippen molar-refractivity contribution in [1.82, 2.24) is 24.8 Å². The molecule has 18 unspecified atom stereocenters. The van der Waals surface area contributed by atoms with Crippen molar-refractivity contribution in [1.29, 1.82) is 0 Å². The molecule has 108 heavy (non-hydrogen) atoms. The number of hydrogen-bond donors (Lipinski definition) is 0. The minimum Gasteiger partial charge on any atom is -0.350 e. The molecular formula is C80H86Br2N8O18. The monoisotopic (exact) mass is 1600 g/mol. The summed E-state index contributed by atoms with van der Waals surface area (Å²) in [5.74, 6) is -4.41. The van der Waals surface area contributed by atoms with Crippen LogP contribution < -0.4 is 0 Å². The molecule has 0 spiro atoms. The van der Waals surface area contributed by atoms with Gasteiger partial charge < -0.3 is 56.8 Å². The molecule has 8 aliphatic heterocycles. The molecule has 9 heterocycles. The first-order valence-corrected chi connectivity index (χ1v) is 37.9. The van der Waals surface area contributed by atoms with Crippen LogP contribution in [0.4, 0.5) is 0 Å². The third-order valence-corrected chi connectivity index (χ3v) is 26.6. The Morgan fingerprint density at radius 2 is 0.907 bits per heavy atom. The van der Waals surface area contributed by atoms with Crippen molar-refractivity contribution in [2.45, 2.75) is 189 Å². The van der Waals surface area contributed by atoms with Crippen LogP contribution in [0.1, 0.15) is 111 Å². The highest BCUT2D eigenvalue weighted by Gasteiger charge is 2.87. The molecule has 26 nitrogen and oxygen atoms in total. The van der Waals surface area contributed by atoms with Gasteiger partial charge in [-0.05, 0) is 133 Å². The van der Waals surface area contributed by atoms with Gasteiger partial charge in [-0.2, -0.15) is 0 Å². The number of ketones is 2. The number of amides is 4. The Labute approximate surface area is 641 Å².